The third-order valence-corrected chi connectivity index (χ3v) is 2.79. The molecule has 0 aliphatic rings. The van der Waals surface area contributed by atoms with Crippen LogP contribution < -0.4 is 0 Å². The van der Waals surface area contributed by atoms with Crippen LogP contribution in [0.1, 0.15) is 38.0 Å². The van der Waals surface area contributed by atoms with Crippen LogP contribution in [0.2, 0.25) is 0 Å². The highest BCUT2D eigenvalue weighted by atomic mass is 16.5. The summed E-state index contributed by atoms with van der Waals surface area (Å²) in [6, 6.07) is 1.90. The van der Waals surface area contributed by atoms with Crippen molar-refractivity contribution >= 4 is 0 Å². The first-order valence-electron chi connectivity index (χ1n) is 5.49. The average molecular weight is 223 g/mol. The highest BCUT2D eigenvalue weighted by Gasteiger charge is 2.32. The quantitative estimate of drug-likeness (QED) is 0.856. The van der Waals surface area contributed by atoms with E-state index in [9.17, 15) is 5.11 Å². The molecular formula is C13H21NO2. The molecule has 1 aromatic rings. The van der Waals surface area contributed by atoms with Crippen LogP contribution in [0.5, 0.6) is 0 Å². The predicted octanol–water partition coefficient (Wildman–Crippen LogP) is 2.48. The molecule has 0 amide bonds. The summed E-state index contributed by atoms with van der Waals surface area (Å²) in [6.45, 7) is 8.12. The molecule has 2 unspecified atom stereocenters. The zero-order valence-electron chi connectivity index (χ0n) is 10.7. The molecule has 3 nitrogen and oxygen atoms in total. The molecule has 16 heavy (non-hydrogen) atoms. The second kappa shape index (κ2) is 4.93. The highest BCUT2D eigenvalue weighted by molar-refractivity contribution is 5.25. The largest absolute Gasteiger partial charge is 0.386 e. The normalized spacial score (nSPS) is 15.9. The molecule has 0 aliphatic heterocycles. The molecule has 0 fully saturated rings. The maximum absolute atomic E-state index is 10.3. The third kappa shape index (κ3) is 2.80. The summed E-state index contributed by atoms with van der Waals surface area (Å²) in [5.74, 6) is 0. The van der Waals surface area contributed by atoms with Gasteiger partial charge in [-0.2, -0.15) is 0 Å². The van der Waals surface area contributed by atoms with E-state index in [1.165, 1.54) is 0 Å². The maximum Gasteiger partial charge on any atom is 0.107 e. The molecule has 1 aromatic heterocycles. The number of ether oxygens (including phenoxy) is 1. The van der Waals surface area contributed by atoms with E-state index < -0.39 is 6.10 Å². The van der Waals surface area contributed by atoms with Gasteiger partial charge in [0.1, 0.15) is 6.10 Å². The van der Waals surface area contributed by atoms with Crippen molar-refractivity contribution in [3.63, 3.8) is 0 Å². The molecule has 90 valence electrons. The van der Waals surface area contributed by atoms with Crippen molar-refractivity contribution < 1.29 is 9.84 Å². The molecule has 1 rings (SSSR count). The van der Waals surface area contributed by atoms with Crippen molar-refractivity contribution in [2.24, 2.45) is 5.41 Å². The summed E-state index contributed by atoms with van der Waals surface area (Å²) in [5, 5.41) is 10.3. The molecule has 0 aliphatic carbocycles. The second-order valence-electron chi connectivity index (χ2n) is 5.20. The van der Waals surface area contributed by atoms with Gasteiger partial charge < -0.3 is 9.84 Å². The highest BCUT2D eigenvalue weighted by Crippen LogP contribution is 2.33. The summed E-state index contributed by atoms with van der Waals surface area (Å²) in [4.78, 5) is 4.05. The fourth-order valence-corrected chi connectivity index (χ4v) is 1.90. The van der Waals surface area contributed by atoms with Gasteiger partial charge in [-0.25, -0.2) is 0 Å². The lowest BCUT2D eigenvalue weighted by Crippen LogP contribution is -2.34. The van der Waals surface area contributed by atoms with Crippen molar-refractivity contribution in [3.05, 3.63) is 29.6 Å². The summed E-state index contributed by atoms with van der Waals surface area (Å²) < 4.78 is 5.41. The number of aromatic nitrogens is 1. The topological polar surface area (TPSA) is 42.4 Å². The molecule has 0 aromatic carbocycles. The smallest absolute Gasteiger partial charge is 0.107 e. The maximum atomic E-state index is 10.3. The van der Waals surface area contributed by atoms with Gasteiger partial charge in [0.25, 0.3) is 0 Å². The van der Waals surface area contributed by atoms with Gasteiger partial charge in [0, 0.05) is 25.1 Å². The van der Waals surface area contributed by atoms with Crippen LogP contribution in [-0.2, 0) is 4.74 Å². The minimum absolute atomic E-state index is 0.115. The Morgan fingerprint density at radius 2 is 2.00 bits per heavy atom. The number of aliphatic hydroxyl groups is 1. The van der Waals surface area contributed by atoms with E-state index in [4.69, 9.17) is 4.74 Å². The van der Waals surface area contributed by atoms with Gasteiger partial charge >= 0.3 is 0 Å². The van der Waals surface area contributed by atoms with E-state index in [2.05, 4.69) is 25.8 Å². The van der Waals surface area contributed by atoms with Gasteiger partial charge in [-0.1, -0.05) is 20.8 Å². The number of pyridine rings is 1. The Kier molecular flexibility index (Phi) is 4.05. The first-order chi connectivity index (χ1) is 7.38. The number of methoxy groups -OCH3 is 1. The van der Waals surface area contributed by atoms with Crippen molar-refractivity contribution in [2.45, 2.75) is 39.9 Å². The molecular weight excluding hydrogens is 202 g/mol. The van der Waals surface area contributed by atoms with E-state index in [0.29, 0.717) is 0 Å². The van der Waals surface area contributed by atoms with Crippen LogP contribution in [0.25, 0.3) is 0 Å². The van der Waals surface area contributed by atoms with E-state index in [0.717, 1.165) is 11.1 Å². The minimum Gasteiger partial charge on any atom is -0.386 e. The molecule has 2 atom stereocenters. The van der Waals surface area contributed by atoms with Gasteiger partial charge in [-0.05, 0) is 24.0 Å². The first kappa shape index (κ1) is 13.1. The monoisotopic (exact) mass is 223 g/mol. The van der Waals surface area contributed by atoms with E-state index in [1.54, 1.807) is 19.5 Å². The summed E-state index contributed by atoms with van der Waals surface area (Å²) in [6.07, 6.45) is 2.55. The summed E-state index contributed by atoms with van der Waals surface area (Å²) in [7, 11) is 1.63. The van der Waals surface area contributed by atoms with Crippen LogP contribution >= 0.6 is 0 Å². The molecule has 0 spiro atoms. The molecule has 0 saturated heterocycles. The lowest BCUT2D eigenvalue weighted by Gasteiger charge is -2.33. The van der Waals surface area contributed by atoms with Crippen molar-refractivity contribution in [1.29, 1.82) is 0 Å². The van der Waals surface area contributed by atoms with Crippen LogP contribution in [0, 0.1) is 12.3 Å². The predicted molar refractivity (Wildman–Crippen MR) is 64.2 cm³/mol. The zero-order valence-corrected chi connectivity index (χ0v) is 10.7. The van der Waals surface area contributed by atoms with Crippen LogP contribution in [0.15, 0.2) is 18.5 Å². The Morgan fingerprint density at radius 1 is 1.38 bits per heavy atom. The van der Waals surface area contributed by atoms with E-state index >= 15 is 0 Å². The number of nitrogens with zero attached hydrogens (tertiary/aromatic N) is 1. The zero-order chi connectivity index (χ0) is 12.3. The molecule has 1 heterocycles. The minimum atomic E-state index is -0.640. The Labute approximate surface area is 97.5 Å². The Morgan fingerprint density at radius 3 is 2.44 bits per heavy atom. The SMILES string of the molecule is COC(C(O)c1cnccc1C)C(C)(C)C. The Balaban J connectivity index is 3.01. The lowest BCUT2D eigenvalue weighted by molar-refractivity contribution is -0.0727. The van der Waals surface area contributed by atoms with Crippen LogP contribution in [0.3, 0.4) is 0 Å². The summed E-state index contributed by atoms with van der Waals surface area (Å²) >= 11 is 0. The third-order valence-electron chi connectivity index (χ3n) is 2.79. The average Bonchev–Trinajstić information content (AvgIpc) is 2.17. The number of aliphatic hydroxyl groups excluding tert-OH is 1. The van der Waals surface area contributed by atoms with Crippen molar-refractivity contribution in [1.82, 2.24) is 4.98 Å². The number of aryl methyl sites for hydroxylation is 1. The van der Waals surface area contributed by atoms with Gasteiger partial charge in [-0.15, -0.1) is 0 Å². The molecule has 1 N–H and O–H groups in total. The number of hydrogen-bond acceptors (Lipinski definition) is 3. The van der Waals surface area contributed by atoms with Crippen LogP contribution in [0.4, 0.5) is 0 Å². The molecule has 0 radical (unpaired) electrons. The molecule has 3 heteroatoms. The Hall–Kier alpha value is -0.930. The van der Waals surface area contributed by atoms with Crippen molar-refractivity contribution in [2.75, 3.05) is 7.11 Å². The van der Waals surface area contributed by atoms with Gasteiger partial charge in [0.2, 0.25) is 0 Å². The lowest BCUT2D eigenvalue weighted by atomic mass is 9.83. The Bertz CT molecular complexity index is 344. The van der Waals surface area contributed by atoms with Crippen LogP contribution in [-0.4, -0.2) is 23.3 Å². The first-order valence-corrected chi connectivity index (χ1v) is 5.49. The number of hydrogen-bond donors (Lipinski definition) is 1. The van der Waals surface area contributed by atoms with Gasteiger partial charge in [0.15, 0.2) is 0 Å². The fourth-order valence-electron chi connectivity index (χ4n) is 1.90. The number of rotatable bonds is 3. The molecule has 0 saturated carbocycles. The van der Waals surface area contributed by atoms with E-state index in [-0.39, 0.29) is 11.5 Å². The van der Waals surface area contributed by atoms with E-state index in [1.807, 2.05) is 13.0 Å². The standard InChI is InChI=1S/C13H21NO2/c1-9-6-7-14-8-10(9)11(15)12(16-5)13(2,3)4/h6-8,11-12,15H,1-5H3. The molecule has 0 bridgehead atoms. The van der Waals surface area contributed by atoms with Gasteiger partial charge in [0.05, 0.1) is 6.10 Å². The fraction of sp³-hybridized carbons (Fsp3) is 0.615. The second-order valence-corrected chi connectivity index (χ2v) is 5.20. The summed E-state index contributed by atoms with van der Waals surface area (Å²) in [5.41, 5.74) is 1.76. The van der Waals surface area contributed by atoms with Gasteiger partial charge in [-0.3, -0.25) is 4.98 Å². The van der Waals surface area contributed by atoms with Crippen molar-refractivity contribution in [3.8, 4) is 0 Å².